The van der Waals surface area contributed by atoms with Crippen molar-refractivity contribution in [3.05, 3.63) is 0 Å². The van der Waals surface area contributed by atoms with E-state index < -0.39 is 5.91 Å². The predicted octanol–water partition coefficient (Wildman–Crippen LogP) is 0.748. The number of nitrogens with zero attached hydrogens (tertiary/aromatic N) is 2. The fraction of sp³-hybridized carbons (Fsp3) is 0.571. The third-order valence-electron chi connectivity index (χ3n) is 1.50. The highest BCUT2D eigenvalue weighted by Gasteiger charge is 2.28. The van der Waals surface area contributed by atoms with Crippen molar-refractivity contribution in [1.82, 2.24) is 4.90 Å². The van der Waals surface area contributed by atoms with Crippen LogP contribution >= 0.6 is 11.6 Å². The van der Waals surface area contributed by atoms with Crippen LogP contribution < -0.4 is 0 Å². The van der Waals surface area contributed by atoms with E-state index in [-0.39, 0.29) is 23.7 Å². The Balaban J connectivity index is 2.94. The maximum Gasteiger partial charge on any atom is 0.257 e. The van der Waals surface area contributed by atoms with Crippen LogP contribution in [0.5, 0.6) is 0 Å². The average molecular weight is 189 g/mol. The molecular weight excluding hydrogens is 180 g/mol. The van der Waals surface area contributed by atoms with Gasteiger partial charge in [0.1, 0.15) is 6.42 Å². The highest BCUT2D eigenvalue weighted by atomic mass is 35.5. The summed E-state index contributed by atoms with van der Waals surface area (Å²) >= 11 is 5.60. The molecule has 66 valence electrons. The molecule has 0 saturated carbocycles. The Kier molecular flexibility index (Phi) is 2.47. The molecule has 1 aliphatic heterocycles. The Bertz CT molecular complexity index is 260. The van der Waals surface area contributed by atoms with Crippen molar-refractivity contribution in [2.24, 2.45) is 4.99 Å². The van der Waals surface area contributed by atoms with Gasteiger partial charge in [-0.25, -0.2) is 0 Å². The van der Waals surface area contributed by atoms with Crippen LogP contribution in [0.25, 0.3) is 0 Å². The van der Waals surface area contributed by atoms with Crippen LogP contribution in [0.4, 0.5) is 0 Å². The van der Waals surface area contributed by atoms with Crippen LogP contribution in [0.15, 0.2) is 4.99 Å². The first-order valence-corrected chi connectivity index (χ1v) is 3.99. The lowest BCUT2D eigenvalue weighted by molar-refractivity contribution is -0.134. The van der Waals surface area contributed by atoms with Crippen molar-refractivity contribution in [3.63, 3.8) is 0 Å². The Morgan fingerprint density at radius 2 is 2.08 bits per heavy atom. The molecule has 0 aromatic heterocycles. The van der Waals surface area contributed by atoms with Gasteiger partial charge in [-0.3, -0.25) is 14.5 Å². The van der Waals surface area contributed by atoms with E-state index in [4.69, 9.17) is 11.6 Å². The minimum Gasteiger partial charge on any atom is -0.284 e. The van der Waals surface area contributed by atoms with E-state index in [0.717, 1.165) is 0 Å². The monoisotopic (exact) mass is 188 g/mol. The zero-order valence-corrected chi connectivity index (χ0v) is 7.63. The van der Waals surface area contributed by atoms with Gasteiger partial charge < -0.3 is 0 Å². The molecule has 0 atom stereocenters. The number of hydrogen-bond acceptors (Lipinski definition) is 2. The summed E-state index contributed by atoms with van der Waals surface area (Å²) in [7, 11) is 0. The molecule has 5 heteroatoms. The Hall–Kier alpha value is -0.900. The maximum absolute atomic E-state index is 11.2. The molecule has 0 saturated heterocycles. The molecule has 0 aromatic rings. The van der Waals surface area contributed by atoms with Gasteiger partial charge in [0.05, 0.1) is 0 Å². The summed E-state index contributed by atoms with van der Waals surface area (Å²) in [6.07, 6.45) is -0.172. The number of hydrogen-bond donors (Lipinski definition) is 0. The fourth-order valence-electron chi connectivity index (χ4n) is 1.01. The lowest BCUT2D eigenvalue weighted by atomic mass is 10.2. The molecule has 12 heavy (non-hydrogen) atoms. The fourth-order valence-corrected chi connectivity index (χ4v) is 1.40. The summed E-state index contributed by atoms with van der Waals surface area (Å²) in [5.41, 5.74) is 0. The molecule has 0 aliphatic carbocycles. The van der Waals surface area contributed by atoms with Crippen LogP contribution in [0.2, 0.25) is 0 Å². The van der Waals surface area contributed by atoms with Gasteiger partial charge in [0, 0.05) is 6.04 Å². The van der Waals surface area contributed by atoms with Crippen LogP contribution in [0, 0.1) is 0 Å². The number of amidine groups is 1. The lowest BCUT2D eigenvalue weighted by Crippen LogP contribution is -2.43. The second kappa shape index (κ2) is 3.23. The van der Waals surface area contributed by atoms with Crippen molar-refractivity contribution in [1.29, 1.82) is 0 Å². The summed E-state index contributed by atoms with van der Waals surface area (Å²) in [4.78, 5) is 26.7. The van der Waals surface area contributed by atoms with Gasteiger partial charge in [0.2, 0.25) is 11.2 Å². The van der Waals surface area contributed by atoms with Crippen molar-refractivity contribution in [2.75, 3.05) is 0 Å². The van der Waals surface area contributed by atoms with E-state index in [2.05, 4.69) is 4.99 Å². The van der Waals surface area contributed by atoms with Gasteiger partial charge >= 0.3 is 0 Å². The van der Waals surface area contributed by atoms with Gasteiger partial charge in [-0.1, -0.05) is 0 Å². The maximum atomic E-state index is 11.2. The van der Waals surface area contributed by atoms with Crippen molar-refractivity contribution in [3.8, 4) is 0 Å². The number of amides is 2. The minimum absolute atomic E-state index is 0.0220. The number of halogens is 1. The van der Waals surface area contributed by atoms with E-state index in [1.807, 2.05) is 13.8 Å². The largest absolute Gasteiger partial charge is 0.284 e. The number of rotatable bonds is 1. The summed E-state index contributed by atoms with van der Waals surface area (Å²) in [6.45, 7) is 3.62. The third-order valence-corrected chi connectivity index (χ3v) is 1.77. The first kappa shape index (κ1) is 9.19. The SMILES string of the molecule is CC(C)N1C(=O)CC(=O)N=C1Cl. The molecule has 0 spiro atoms. The Morgan fingerprint density at radius 3 is 2.50 bits per heavy atom. The van der Waals surface area contributed by atoms with E-state index in [1.165, 1.54) is 4.90 Å². The van der Waals surface area contributed by atoms with Crippen molar-refractivity contribution in [2.45, 2.75) is 26.3 Å². The molecule has 0 aromatic carbocycles. The molecule has 2 amide bonds. The van der Waals surface area contributed by atoms with E-state index in [9.17, 15) is 9.59 Å². The lowest BCUT2D eigenvalue weighted by Gasteiger charge is -2.26. The first-order chi connectivity index (χ1) is 5.52. The normalized spacial score (nSPS) is 18.7. The average Bonchev–Trinajstić information content (AvgIpc) is 1.82. The smallest absolute Gasteiger partial charge is 0.257 e. The van der Waals surface area contributed by atoms with Gasteiger partial charge in [-0.2, -0.15) is 4.99 Å². The summed E-state index contributed by atoms with van der Waals surface area (Å²) in [5, 5.41) is -0.0220. The Labute approximate surface area is 75.2 Å². The topological polar surface area (TPSA) is 49.7 Å². The van der Waals surface area contributed by atoms with Gasteiger partial charge in [-0.15, -0.1) is 0 Å². The molecule has 0 unspecified atom stereocenters. The van der Waals surface area contributed by atoms with E-state index >= 15 is 0 Å². The van der Waals surface area contributed by atoms with Crippen LogP contribution in [0.3, 0.4) is 0 Å². The second-order valence-corrected chi connectivity index (χ2v) is 3.15. The summed E-state index contributed by atoms with van der Waals surface area (Å²) in [6, 6.07) is -0.0538. The highest BCUT2D eigenvalue weighted by molar-refractivity contribution is 6.67. The highest BCUT2D eigenvalue weighted by Crippen LogP contribution is 2.12. The predicted molar refractivity (Wildman–Crippen MR) is 44.9 cm³/mol. The third kappa shape index (κ3) is 1.64. The van der Waals surface area contributed by atoms with E-state index in [1.54, 1.807) is 0 Å². The summed E-state index contributed by atoms with van der Waals surface area (Å²) < 4.78 is 0. The molecule has 1 rings (SSSR count). The molecule has 1 aliphatic rings. The molecule has 0 radical (unpaired) electrons. The standard InChI is InChI=1S/C7H9ClN2O2/c1-4(2)10-6(12)3-5(11)9-7(10)8/h4H,3H2,1-2H3. The second-order valence-electron chi connectivity index (χ2n) is 2.81. The number of aliphatic imine (C=N–C) groups is 1. The zero-order valence-electron chi connectivity index (χ0n) is 6.87. The van der Waals surface area contributed by atoms with Crippen molar-refractivity contribution < 1.29 is 9.59 Å². The molecule has 0 bridgehead atoms. The number of carbonyl (C=O) groups excluding carboxylic acids is 2. The first-order valence-electron chi connectivity index (χ1n) is 3.61. The van der Waals surface area contributed by atoms with E-state index in [0.29, 0.717) is 0 Å². The van der Waals surface area contributed by atoms with Gasteiger partial charge in [0.25, 0.3) is 5.91 Å². The molecular formula is C7H9ClN2O2. The van der Waals surface area contributed by atoms with Crippen LogP contribution in [0.1, 0.15) is 20.3 Å². The van der Waals surface area contributed by atoms with Crippen molar-refractivity contribution >= 4 is 28.7 Å². The minimum atomic E-state index is -0.470. The van der Waals surface area contributed by atoms with Crippen LogP contribution in [-0.2, 0) is 9.59 Å². The quantitative estimate of drug-likeness (QED) is 0.450. The summed E-state index contributed by atoms with van der Waals surface area (Å²) in [5.74, 6) is -0.753. The molecule has 4 nitrogen and oxygen atoms in total. The molecule has 0 N–H and O–H groups in total. The van der Waals surface area contributed by atoms with Gasteiger partial charge in [-0.05, 0) is 25.4 Å². The zero-order chi connectivity index (χ0) is 9.30. The molecule has 1 heterocycles. The number of carbonyl (C=O) groups is 2. The Morgan fingerprint density at radius 1 is 1.50 bits per heavy atom. The van der Waals surface area contributed by atoms with Gasteiger partial charge in [0.15, 0.2) is 0 Å². The molecule has 0 fully saturated rings. The van der Waals surface area contributed by atoms with Crippen LogP contribution in [-0.4, -0.2) is 28.1 Å².